The molecule has 0 aliphatic heterocycles. The summed E-state index contributed by atoms with van der Waals surface area (Å²) in [7, 11) is 1.50. The number of nitrogens with two attached hydrogens (primary N) is 1. The lowest BCUT2D eigenvalue weighted by Gasteiger charge is -2.02. The second-order valence-corrected chi connectivity index (χ2v) is 5.20. The zero-order valence-corrected chi connectivity index (χ0v) is 15.5. The van der Waals surface area contributed by atoms with Crippen LogP contribution in [0.5, 0.6) is 0 Å². The SMILES string of the molecule is CC.CCCCCCCCCCCCCCCC=O.CN. The summed E-state index contributed by atoms with van der Waals surface area (Å²) in [6.45, 7) is 6.27. The van der Waals surface area contributed by atoms with Crippen LogP contribution >= 0.6 is 0 Å². The molecule has 0 aromatic carbocycles. The third-order valence-corrected chi connectivity index (χ3v) is 3.43. The fourth-order valence-corrected chi connectivity index (χ4v) is 2.25. The van der Waals surface area contributed by atoms with Crippen LogP contribution in [0.15, 0.2) is 0 Å². The third kappa shape index (κ3) is 32.8. The second kappa shape index (κ2) is 31.8. The fourth-order valence-electron chi connectivity index (χ4n) is 2.25. The van der Waals surface area contributed by atoms with Gasteiger partial charge < -0.3 is 10.5 Å². The topological polar surface area (TPSA) is 43.1 Å². The molecule has 0 atom stereocenters. The normalized spacial score (nSPS) is 9.19. The summed E-state index contributed by atoms with van der Waals surface area (Å²) in [6.07, 6.45) is 19.6. The molecule has 21 heavy (non-hydrogen) atoms. The quantitative estimate of drug-likeness (QED) is 0.303. The van der Waals surface area contributed by atoms with E-state index in [1.165, 1.54) is 84.1 Å². The minimum absolute atomic E-state index is 0.762. The number of carbonyl (C=O) groups excluding carboxylic acids is 1. The minimum Gasteiger partial charge on any atom is -0.333 e. The Morgan fingerprint density at radius 2 is 0.905 bits per heavy atom. The molecule has 0 saturated carbocycles. The molecule has 0 aromatic rings. The fraction of sp³-hybridized carbons (Fsp3) is 0.947. The van der Waals surface area contributed by atoms with E-state index in [1.807, 2.05) is 13.8 Å². The molecule has 0 unspecified atom stereocenters. The van der Waals surface area contributed by atoms with Crippen molar-refractivity contribution in [3.05, 3.63) is 0 Å². The summed E-state index contributed by atoms with van der Waals surface area (Å²) in [4.78, 5) is 10.1. The molecule has 2 heteroatoms. The Kier molecular flexibility index (Phi) is 38.8. The van der Waals surface area contributed by atoms with E-state index in [4.69, 9.17) is 0 Å². The molecule has 0 aliphatic carbocycles. The Labute approximate surface area is 135 Å². The molecule has 0 fully saturated rings. The van der Waals surface area contributed by atoms with E-state index in [0.717, 1.165) is 19.1 Å². The van der Waals surface area contributed by atoms with Crippen LogP contribution in [0.25, 0.3) is 0 Å². The van der Waals surface area contributed by atoms with Gasteiger partial charge in [0.25, 0.3) is 0 Å². The van der Waals surface area contributed by atoms with Gasteiger partial charge in [0.15, 0.2) is 0 Å². The van der Waals surface area contributed by atoms with Crippen molar-refractivity contribution < 1.29 is 4.79 Å². The van der Waals surface area contributed by atoms with Gasteiger partial charge in [-0.15, -0.1) is 0 Å². The van der Waals surface area contributed by atoms with Crippen LogP contribution in [-0.2, 0) is 4.79 Å². The first-order valence-corrected chi connectivity index (χ1v) is 9.43. The van der Waals surface area contributed by atoms with Crippen molar-refractivity contribution in [3.63, 3.8) is 0 Å². The van der Waals surface area contributed by atoms with Gasteiger partial charge in [-0.1, -0.05) is 97.8 Å². The Bertz CT molecular complexity index is 149. The molecule has 2 N–H and O–H groups in total. The summed E-state index contributed by atoms with van der Waals surface area (Å²) < 4.78 is 0. The zero-order chi connectivity index (χ0) is 16.6. The van der Waals surface area contributed by atoms with Crippen LogP contribution in [0.2, 0.25) is 0 Å². The highest BCUT2D eigenvalue weighted by atomic mass is 16.1. The number of hydrogen-bond acceptors (Lipinski definition) is 2. The molecule has 2 nitrogen and oxygen atoms in total. The molecular formula is C19H43NO. The largest absolute Gasteiger partial charge is 0.333 e. The van der Waals surface area contributed by atoms with Crippen LogP contribution in [-0.4, -0.2) is 13.3 Å². The van der Waals surface area contributed by atoms with Crippen molar-refractivity contribution >= 4 is 6.29 Å². The zero-order valence-electron chi connectivity index (χ0n) is 15.5. The van der Waals surface area contributed by atoms with Gasteiger partial charge in [0, 0.05) is 6.42 Å². The van der Waals surface area contributed by atoms with Gasteiger partial charge in [-0.3, -0.25) is 0 Å². The average molecular weight is 302 g/mol. The number of rotatable bonds is 14. The van der Waals surface area contributed by atoms with Gasteiger partial charge in [0.05, 0.1) is 0 Å². The first kappa shape index (κ1) is 25.6. The Balaban J connectivity index is -0.000000739. The van der Waals surface area contributed by atoms with Crippen molar-refractivity contribution in [2.75, 3.05) is 7.05 Å². The lowest BCUT2D eigenvalue weighted by Crippen LogP contribution is -1.83. The van der Waals surface area contributed by atoms with Crippen LogP contribution in [0.1, 0.15) is 111 Å². The average Bonchev–Trinajstić information content (AvgIpc) is 2.56. The molecule has 130 valence electrons. The van der Waals surface area contributed by atoms with E-state index < -0.39 is 0 Å². The summed E-state index contributed by atoms with van der Waals surface area (Å²) >= 11 is 0. The lowest BCUT2D eigenvalue weighted by atomic mass is 10.0. The predicted molar refractivity (Wildman–Crippen MR) is 97.8 cm³/mol. The van der Waals surface area contributed by atoms with Gasteiger partial charge in [0.1, 0.15) is 6.29 Å². The minimum atomic E-state index is 0.762. The van der Waals surface area contributed by atoms with Gasteiger partial charge in [-0.2, -0.15) is 0 Å². The van der Waals surface area contributed by atoms with Gasteiger partial charge in [0.2, 0.25) is 0 Å². The van der Waals surface area contributed by atoms with Crippen LogP contribution in [0, 0.1) is 0 Å². The van der Waals surface area contributed by atoms with E-state index in [0.29, 0.717) is 0 Å². The Morgan fingerprint density at radius 3 is 1.19 bits per heavy atom. The molecule has 0 rings (SSSR count). The van der Waals surface area contributed by atoms with Crippen molar-refractivity contribution in [1.82, 2.24) is 0 Å². The lowest BCUT2D eigenvalue weighted by molar-refractivity contribution is -0.107. The Morgan fingerprint density at radius 1 is 0.619 bits per heavy atom. The van der Waals surface area contributed by atoms with E-state index in [-0.39, 0.29) is 0 Å². The molecule has 0 aromatic heterocycles. The maximum Gasteiger partial charge on any atom is 0.119 e. The van der Waals surface area contributed by atoms with Crippen molar-refractivity contribution in [2.24, 2.45) is 5.73 Å². The van der Waals surface area contributed by atoms with E-state index in [2.05, 4.69) is 12.7 Å². The molecule has 0 spiro atoms. The number of hydrogen-bond donors (Lipinski definition) is 1. The number of unbranched alkanes of at least 4 members (excludes halogenated alkanes) is 13. The molecular weight excluding hydrogens is 258 g/mol. The van der Waals surface area contributed by atoms with Crippen LogP contribution < -0.4 is 5.73 Å². The van der Waals surface area contributed by atoms with Crippen LogP contribution in [0.3, 0.4) is 0 Å². The summed E-state index contributed by atoms with van der Waals surface area (Å²) in [5, 5.41) is 0. The first-order chi connectivity index (χ1) is 10.4. The maximum absolute atomic E-state index is 10.1. The molecule has 0 heterocycles. The molecule has 0 saturated heterocycles. The van der Waals surface area contributed by atoms with E-state index in [1.54, 1.807) is 0 Å². The van der Waals surface area contributed by atoms with Gasteiger partial charge in [-0.25, -0.2) is 0 Å². The standard InChI is InChI=1S/C16H32O.C2H6.CH5N/c1-2-3-4-5-6-7-8-9-10-11-12-13-14-15-16-17;2*1-2/h16H,2-15H2,1H3;1-2H3;2H2,1H3. The van der Waals surface area contributed by atoms with Crippen molar-refractivity contribution in [3.8, 4) is 0 Å². The summed E-state index contributed by atoms with van der Waals surface area (Å²) in [6, 6.07) is 0. The van der Waals surface area contributed by atoms with Gasteiger partial charge >= 0.3 is 0 Å². The molecule has 0 bridgehead atoms. The monoisotopic (exact) mass is 301 g/mol. The van der Waals surface area contributed by atoms with Gasteiger partial charge in [-0.05, 0) is 13.5 Å². The highest BCUT2D eigenvalue weighted by molar-refractivity contribution is 5.48. The summed E-state index contributed by atoms with van der Waals surface area (Å²) in [5.41, 5.74) is 4.50. The predicted octanol–water partition coefficient (Wildman–Crippen LogP) is 6.27. The van der Waals surface area contributed by atoms with Crippen molar-refractivity contribution in [2.45, 2.75) is 111 Å². The highest BCUT2D eigenvalue weighted by Gasteiger charge is 1.93. The van der Waals surface area contributed by atoms with E-state index >= 15 is 0 Å². The smallest absolute Gasteiger partial charge is 0.119 e. The summed E-state index contributed by atoms with van der Waals surface area (Å²) in [5.74, 6) is 0. The Hall–Kier alpha value is -0.370. The molecule has 0 radical (unpaired) electrons. The van der Waals surface area contributed by atoms with Crippen molar-refractivity contribution in [1.29, 1.82) is 0 Å². The third-order valence-electron chi connectivity index (χ3n) is 3.43. The van der Waals surface area contributed by atoms with Crippen LogP contribution in [0.4, 0.5) is 0 Å². The second-order valence-electron chi connectivity index (χ2n) is 5.20. The first-order valence-electron chi connectivity index (χ1n) is 9.43. The molecule has 0 aliphatic rings. The molecule has 0 amide bonds. The highest BCUT2D eigenvalue weighted by Crippen LogP contribution is 2.12. The van der Waals surface area contributed by atoms with E-state index in [9.17, 15) is 4.79 Å². The number of aldehydes is 1. The maximum atomic E-state index is 10.1. The number of carbonyl (C=O) groups is 1.